The van der Waals surface area contributed by atoms with Gasteiger partial charge in [0.05, 0.1) is 25.6 Å². The predicted octanol–water partition coefficient (Wildman–Crippen LogP) is 4.92. The van der Waals surface area contributed by atoms with Crippen LogP contribution in [0.25, 0.3) is 16.6 Å². The van der Waals surface area contributed by atoms with E-state index in [0.29, 0.717) is 59.3 Å². The number of methoxy groups -OCH3 is 1. The zero-order chi connectivity index (χ0) is 27.9. The third-order valence-corrected chi connectivity index (χ3v) is 7.49. The van der Waals surface area contributed by atoms with Crippen molar-refractivity contribution in [3.05, 3.63) is 82.8 Å². The number of nitrogens with zero attached hydrogens (tertiary/aromatic N) is 4. The van der Waals surface area contributed by atoms with E-state index in [1.165, 1.54) is 24.1 Å². The highest BCUT2D eigenvalue weighted by Gasteiger charge is 2.44. The lowest BCUT2D eigenvalue weighted by molar-refractivity contribution is -0.148. The fraction of sp³-hybridized carbons (Fsp3) is 0.276. The highest BCUT2D eigenvalue weighted by Crippen LogP contribution is 2.44. The molecule has 2 aromatic heterocycles. The van der Waals surface area contributed by atoms with Crippen LogP contribution in [0.4, 0.5) is 0 Å². The van der Waals surface area contributed by atoms with Crippen molar-refractivity contribution in [3.63, 3.8) is 0 Å². The van der Waals surface area contributed by atoms with Crippen LogP contribution in [0.15, 0.2) is 77.1 Å². The first kappa shape index (κ1) is 25.7. The molecule has 2 aliphatic heterocycles. The molecule has 0 unspecified atom stereocenters. The normalized spacial score (nSPS) is 17.3. The number of hydrogen-bond donors (Lipinski definition) is 0. The van der Waals surface area contributed by atoms with E-state index in [-0.39, 0.29) is 6.61 Å². The Bertz CT molecular complexity index is 1660. The molecule has 4 heterocycles. The van der Waals surface area contributed by atoms with Crippen molar-refractivity contribution >= 4 is 34.9 Å². The predicted molar refractivity (Wildman–Crippen MR) is 146 cm³/mol. The van der Waals surface area contributed by atoms with Gasteiger partial charge in [-0.05, 0) is 49.7 Å². The molecule has 0 N–H and O–H groups in total. The van der Waals surface area contributed by atoms with Crippen molar-refractivity contribution in [2.45, 2.75) is 32.0 Å². The van der Waals surface area contributed by atoms with Gasteiger partial charge in [0.25, 0.3) is 5.79 Å². The molecule has 40 heavy (non-hydrogen) atoms. The number of esters is 1. The number of aliphatic imine (C=N–C) groups is 1. The van der Waals surface area contributed by atoms with Crippen LogP contribution in [0.2, 0.25) is 5.02 Å². The second-order valence-electron chi connectivity index (χ2n) is 9.52. The number of amidine groups is 1. The molecule has 0 saturated carbocycles. The van der Waals surface area contributed by atoms with E-state index in [1.807, 2.05) is 17.9 Å². The molecule has 0 radical (unpaired) electrons. The van der Waals surface area contributed by atoms with Gasteiger partial charge in [0.2, 0.25) is 0 Å². The standard InChI is InChI=1S/C29H25ClN4O6/c1-18-32-23-7-9-29(39-13-14-40-29)16-22(23)26(17-35)33(18)11-12-38-27-6-3-19(30)15-21(27)20-8-10-31-34-24(20)4-5-25(34)28(36)37-2/h3-6,8,10,13-15H,7,9,11-12,16H2,1-2H3. The van der Waals surface area contributed by atoms with Gasteiger partial charge in [0, 0.05) is 40.0 Å². The fourth-order valence-electron chi connectivity index (χ4n) is 5.36. The summed E-state index contributed by atoms with van der Waals surface area (Å²) in [6.45, 7) is 2.46. The van der Waals surface area contributed by atoms with Gasteiger partial charge in [0.1, 0.15) is 36.4 Å². The lowest BCUT2D eigenvalue weighted by atomic mass is 9.88. The Balaban J connectivity index is 1.24. The second kappa shape index (κ2) is 10.2. The number of allylic oxidation sites excluding steroid dienone is 2. The summed E-state index contributed by atoms with van der Waals surface area (Å²) in [4.78, 5) is 31.0. The smallest absolute Gasteiger partial charge is 0.356 e. The lowest BCUT2D eigenvalue weighted by Crippen LogP contribution is -2.41. The maximum Gasteiger partial charge on any atom is 0.356 e. The van der Waals surface area contributed by atoms with Gasteiger partial charge in [-0.25, -0.2) is 19.1 Å². The average Bonchev–Trinajstić information content (AvgIpc) is 3.61. The number of aromatic nitrogens is 2. The summed E-state index contributed by atoms with van der Waals surface area (Å²) in [6.07, 6.45) is 6.35. The van der Waals surface area contributed by atoms with Gasteiger partial charge < -0.3 is 23.8 Å². The van der Waals surface area contributed by atoms with E-state index in [2.05, 4.69) is 11.0 Å². The van der Waals surface area contributed by atoms with Gasteiger partial charge in [-0.15, -0.1) is 0 Å². The van der Waals surface area contributed by atoms with Gasteiger partial charge in [-0.1, -0.05) is 11.6 Å². The van der Waals surface area contributed by atoms with Crippen molar-refractivity contribution in [2.24, 2.45) is 4.99 Å². The number of hydrogen-bond acceptors (Lipinski definition) is 9. The summed E-state index contributed by atoms with van der Waals surface area (Å²) in [5.74, 6) is 2.10. The quantitative estimate of drug-likeness (QED) is 0.309. The Hall–Kier alpha value is -4.53. The summed E-state index contributed by atoms with van der Waals surface area (Å²) in [5, 5.41) is 4.84. The minimum Gasteiger partial charge on any atom is -0.491 e. The molecule has 0 saturated heterocycles. The second-order valence-corrected chi connectivity index (χ2v) is 9.96. The summed E-state index contributed by atoms with van der Waals surface area (Å²) in [7, 11) is 1.33. The number of rotatable bonds is 6. The SMILES string of the molecule is COC(=O)c1ccc2c(-c3cc(Cl)ccc3OCCN3C(=C=O)C4=C(CCC5(C4)OC=CO5)N=C3C)ccnn12. The van der Waals surface area contributed by atoms with Crippen molar-refractivity contribution in [1.29, 1.82) is 0 Å². The number of ether oxygens (including phenoxy) is 4. The van der Waals surface area contributed by atoms with Crippen LogP contribution in [-0.2, 0) is 19.0 Å². The molecule has 11 heteroatoms. The van der Waals surface area contributed by atoms with Gasteiger partial charge in [-0.2, -0.15) is 5.10 Å². The maximum absolute atomic E-state index is 12.2. The van der Waals surface area contributed by atoms with Crippen LogP contribution in [0.3, 0.4) is 0 Å². The van der Waals surface area contributed by atoms with Gasteiger partial charge >= 0.3 is 5.97 Å². The zero-order valence-electron chi connectivity index (χ0n) is 21.8. The fourth-order valence-corrected chi connectivity index (χ4v) is 5.53. The molecule has 0 bridgehead atoms. The highest BCUT2D eigenvalue weighted by atomic mass is 35.5. The van der Waals surface area contributed by atoms with E-state index in [1.54, 1.807) is 36.5 Å². The maximum atomic E-state index is 12.2. The molecule has 0 fully saturated rings. The summed E-state index contributed by atoms with van der Waals surface area (Å²) >= 11 is 6.37. The molecule has 0 amide bonds. The first-order valence-corrected chi connectivity index (χ1v) is 13.1. The first-order valence-electron chi connectivity index (χ1n) is 12.7. The zero-order valence-corrected chi connectivity index (χ0v) is 22.6. The molecular weight excluding hydrogens is 536 g/mol. The summed E-state index contributed by atoms with van der Waals surface area (Å²) in [5.41, 5.74) is 4.55. The Morgan fingerprint density at radius 1 is 1.18 bits per heavy atom. The van der Waals surface area contributed by atoms with E-state index in [9.17, 15) is 9.59 Å². The van der Waals surface area contributed by atoms with Crippen molar-refractivity contribution < 1.29 is 28.5 Å². The molecule has 1 aliphatic carbocycles. The molecule has 6 rings (SSSR count). The van der Waals surface area contributed by atoms with Gasteiger partial charge in [0.15, 0.2) is 11.6 Å². The molecule has 10 nitrogen and oxygen atoms in total. The molecule has 1 aromatic carbocycles. The number of carbonyl (C=O) groups excluding carboxylic acids is 2. The minimum atomic E-state index is -0.801. The molecule has 1 spiro atoms. The number of benzene rings is 1. The van der Waals surface area contributed by atoms with Gasteiger partial charge in [-0.3, -0.25) is 0 Å². The summed E-state index contributed by atoms with van der Waals surface area (Å²) in [6, 6.07) is 10.6. The van der Waals surface area contributed by atoms with E-state index in [0.717, 1.165) is 22.4 Å². The lowest BCUT2D eigenvalue weighted by Gasteiger charge is -2.38. The number of carbonyl (C=O) groups is 1. The Kier molecular flexibility index (Phi) is 6.57. The molecular formula is C29H25ClN4O6. The highest BCUT2D eigenvalue weighted by molar-refractivity contribution is 6.31. The van der Waals surface area contributed by atoms with Crippen molar-refractivity contribution in [1.82, 2.24) is 14.5 Å². The van der Waals surface area contributed by atoms with Crippen molar-refractivity contribution in [2.75, 3.05) is 20.3 Å². The van der Waals surface area contributed by atoms with Crippen LogP contribution in [-0.4, -0.2) is 58.3 Å². The molecule has 3 aromatic rings. The van der Waals surface area contributed by atoms with Crippen LogP contribution in [0.5, 0.6) is 5.75 Å². The van der Waals surface area contributed by atoms with E-state index >= 15 is 0 Å². The minimum absolute atomic E-state index is 0.241. The monoisotopic (exact) mass is 560 g/mol. The third-order valence-electron chi connectivity index (χ3n) is 7.25. The van der Waals surface area contributed by atoms with Crippen LogP contribution in [0.1, 0.15) is 36.7 Å². The number of fused-ring (bicyclic) bond motifs is 1. The Morgan fingerprint density at radius 3 is 2.77 bits per heavy atom. The largest absolute Gasteiger partial charge is 0.491 e. The molecule has 204 valence electrons. The molecule has 3 aliphatic rings. The van der Waals surface area contributed by atoms with E-state index < -0.39 is 11.8 Å². The summed E-state index contributed by atoms with van der Waals surface area (Å²) < 4.78 is 24.1. The van der Waals surface area contributed by atoms with Crippen LogP contribution in [0, 0.1) is 0 Å². The molecule has 0 atom stereocenters. The Labute approximate surface area is 234 Å². The van der Waals surface area contributed by atoms with Crippen LogP contribution < -0.4 is 4.74 Å². The van der Waals surface area contributed by atoms with Crippen molar-refractivity contribution in [3.8, 4) is 16.9 Å². The number of halogens is 1. The Morgan fingerprint density at radius 2 is 2.00 bits per heavy atom. The average molecular weight is 561 g/mol. The third kappa shape index (κ3) is 4.41. The van der Waals surface area contributed by atoms with E-state index in [4.69, 9.17) is 35.5 Å². The topological polar surface area (TPSA) is 104 Å². The van der Waals surface area contributed by atoms with Crippen LogP contribution >= 0.6 is 11.6 Å². The first-order chi connectivity index (χ1) is 19.4.